The van der Waals surface area contributed by atoms with E-state index in [1.54, 1.807) is 36.4 Å². The Labute approximate surface area is 200 Å². The molecule has 0 saturated carbocycles. The van der Waals surface area contributed by atoms with Gasteiger partial charge in [0.25, 0.3) is 11.6 Å². The predicted octanol–water partition coefficient (Wildman–Crippen LogP) is 6.30. The Morgan fingerprint density at radius 1 is 1.06 bits per heavy atom. The SMILES string of the molecule is O=C(Nc1ccc2oc(-c3ccccc3Cl)nc2c1)c1ccc(N2CCCCC2)c([N+](=O)[O-])c1. The molecule has 0 bridgehead atoms. The number of rotatable bonds is 5. The monoisotopic (exact) mass is 476 g/mol. The van der Waals surface area contributed by atoms with Crippen LogP contribution in [0.2, 0.25) is 5.02 Å². The average molecular weight is 477 g/mol. The van der Waals surface area contributed by atoms with Crippen molar-refractivity contribution in [2.75, 3.05) is 23.3 Å². The Morgan fingerprint density at radius 2 is 1.85 bits per heavy atom. The summed E-state index contributed by atoms with van der Waals surface area (Å²) in [5.41, 5.74) is 2.98. The second kappa shape index (κ2) is 9.15. The number of hydrogen-bond donors (Lipinski definition) is 1. The molecule has 172 valence electrons. The van der Waals surface area contributed by atoms with Crippen LogP contribution in [-0.4, -0.2) is 28.9 Å². The molecule has 34 heavy (non-hydrogen) atoms. The number of nitrogens with zero attached hydrogens (tertiary/aromatic N) is 3. The Balaban J connectivity index is 1.39. The number of aromatic nitrogens is 1. The first-order valence-electron chi connectivity index (χ1n) is 11.0. The third kappa shape index (κ3) is 4.32. The van der Waals surface area contributed by atoms with Gasteiger partial charge in [0.2, 0.25) is 5.89 Å². The van der Waals surface area contributed by atoms with E-state index in [0.717, 1.165) is 32.4 Å². The number of nitro benzene ring substituents is 1. The van der Waals surface area contributed by atoms with Gasteiger partial charge < -0.3 is 14.6 Å². The maximum absolute atomic E-state index is 12.9. The fourth-order valence-corrected chi connectivity index (χ4v) is 4.39. The summed E-state index contributed by atoms with van der Waals surface area (Å²) in [4.78, 5) is 30.6. The number of hydrogen-bond acceptors (Lipinski definition) is 6. The largest absolute Gasteiger partial charge is 0.436 e. The van der Waals surface area contributed by atoms with Crippen LogP contribution in [0.5, 0.6) is 0 Å². The summed E-state index contributed by atoms with van der Waals surface area (Å²) in [7, 11) is 0. The highest BCUT2D eigenvalue weighted by Gasteiger charge is 2.23. The van der Waals surface area contributed by atoms with Crippen molar-refractivity contribution in [3.05, 3.63) is 81.4 Å². The highest BCUT2D eigenvalue weighted by Crippen LogP contribution is 2.33. The van der Waals surface area contributed by atoms with Gasteiger partial charge in [-0.15, -0.1) is 0 Å². The molecule has 0 radical (unpaired) electrons. The number of benzene rings is 3. The highest BCUT2D eigenvalue weighted by molar-refractivity contribution is 6.33. The molecule has 1 N–H and O–H groups in total. The number of anilines is 2. The summed E-state index contributed by atoms with van der Waals surface area (Å²) in [6.45, 7) is 1.56. The zero-order valence-electron chi connectivity index (χ0n) is 18.2. The molecular formula is C25H21ClN4O4. The van der Waals surface area contributed by atoms with Gasteiger partial charge in [0, 0.05) is 30.4 Å². The molecule has 1 saturated heterocycles. The number of nitrogens with one attached hydrogen (secondary N) is 1. The minimum Gasteiger partial charge on any atom is -0.436 e. The lowest BCUT2D eigenvalue weighted by Crippen LogP contribution is -2.30. The molecule has 1 fully saturated rings. The molecule has 3 aromatic carbocycles. The number of fused-ring (bicyclic) bond motifs is 1. The van der Waals surface area contributed by atoms with Crippen LogP contribution in [0.25, 0.3) is 22.6 Å². The Morgan fingerprint density at radius 3 is 2.62 bits per heavy atom. The van der Waals surface area contributed by atoms with Crippen LogP contribution >= 0.6 is 11.6 Å². The molecule has 0 aliphatic carbocycles. The van der Waals surface area contributed by atoms with E-state index < -0.39 is 10.8 Å². The maximum Gasteiger partial charge on any atom is 0.293 e. The van der Waals surface area contributed by atoms with Gasteiger partial charge in [-0.3, -0.25) is 14.9 Å². The number of carbonyl (C=O) groups excluding carboxylic acids is 1. The van der Waals surface area contributed by atoms with Crippen LogP contribution in [-0.2, 0) is 0 Å². The van der Waals surface area contributed by atoms with Crippen LogP contribution < -0.4 is 10.2 Å². The normalized spacial score (nSPS) is 13.7. The Kier molecular flexibility index (Phi) is 5.90. The molecule has 1 aromatic heterocycles. The molecule has 5 rings (SSSR count). The van der Waals surface area contributed by atoms with Crippen molar-refractivity contribution >= 4 is 45.7 Å². The first-order chi connectivity index (χ1) is 16.5. The van der Waals surface area contributed by atoms with Crippen LogP contribution in [0.4, 0.5) is 17.1 Å². The molecule has 4 aromatic rings. The summed E-state index contributed by atoms with van der Waals surface area (Å²) in [6, 6.07) is 17.0. The number of oxazole rings is 1. The van der Waals surface area contributed by atoms with E-state index in [-0.39, 0.29) is 11.3 Å². The quantitative estimate of drug-likeness (QED) is 0.268. The second-order valence-electron chi connectivity index (χ2n) is 8.14. The predicted molar refractivity (Wildman–Crippen MR) is 132 cm³/mol. The molecule has 2 heterocycles. The van der Waals surface area contributed by atoms with E-state index in [1.165, 1.54) is 6.07 Å². The summed E-state index contributed by atoms with van der Waals surface area (Å²) in [5, 5.41) is 15.0. The number of piperidine rings is 1. The number of halogens is 1. The molecule has 8 nitrogen and oxygen atoms in total. The van der Waals surface area contributed by atoms with Gasteiger partial charge in [-0.05, 0) is 61.7 Å². The minimum atomic E-state index is -0.442. The van der Waals surface area contributed by atoms with Gasteiger partial charge in [-0.1, -0.05) is 23.7 Å². The van der Waals surface area contributed by atoms with Gasteiger partial charge in [0.15, 0.2) is 5.58 Å². The molecule has 0 unspecified atom stereocenters. The second-order valence-corrected chi connectivity index (χ2v) is 8.55. The van der Waals surface area contributed by atoms with Crippen LogP contribution in [0, 0.1) is 10.1 Å². The molecule has 1 aliphatic rings. The van der Waals surface area contributed by atoms with E-state index in [2.05, 4.69) is 10.3 Å². The van der Waals surface area contributed by atoms with Gasteiger partial charge >= 0.3 is 0 Å². The van der Waals surface area contributed by atoms with E-state index in [1.807, 2.05) is 23.1 Å². The zero-order chi connectivity index (χ0) is 23.7. The van der Waals surface area contributed by atoms with Crippen molar-refractivity contribution in [1.82, 2.24) is 4.98 Å². The third-order valence-electron chi connectivity index (χ3n) is 5.88. The number of nitro groups is 1. The summed E-state index contributed by atoms with van der Waals surface area (Å²) < 4.78 is 5.80. The molecular weight excluding hydrogens is 456 g/mol. The van der Waals surface area contributed by atoms with Crippen LogP contribution in [0.1, 0.15) is 29.6 Å². The van der Waals surface area contributed by atoms with Gasteiger partial charge in [-0.25, -0.2) is 4.98 Å². The smallest absolute Gasteiger partial charge is 0.293 e. The zero-order valence-corrected chi connectivity index (χ0v) is 18.9. The maximum atomic E-state index is 12.9. The van der Waals surface area contributed by atoms with E-state index in [9.17, 15) is 14.9 Å². The average Bonchev–Trinajstić information content (AvgIpc) is 3.27. The fraction of sp³-hybridized carbons (Fsp3) is 0.200. The summed E-state index contributed by atoms with van der Waals surface area (Å²) in [5.74, 6) is -0.0598. The topological polar surface area (TPSA) is 102 Å². The first-order valence-corrected chi connectivity index (χ1v) is 11.4. The summed E-state index contributed by atoms with van der Waals surface area (Å²) >= 11 is 6.24. The fourth-order valence-electron chi connectivity index (χ4n) is 4.17. The van der Waals surface area contributed by atoms with Crippen LogP contribution in [0.3, 0.4) is 0 Å². The lowest BCUT2D eigenvalue weighted by molar-refractivity contribution is -0.384. The minimum absolute atomic E-state index is 0.0640. The number of amides is 1. The lowest BCUT2D eigenvalue weighted by Gasteiger charge is -2.28. The number of carbonyl (C=O) groups is 1. The Bertz CT molecular complexity index is 1390. The molecule has 0 atom stereocenters. The van der Waals surface area contributed by atoms with Crippen LogP contribution in [0.15, 0.2) is 65.1 Å². The third-order valence-corrected chi connectivity index (χ3v) is 6.21. The van der Waals surface area contributed by atoms with Crippen molar-refractivity contribution in [3.8, 4) is 11.5 Å². The molecule has 1 aliphatic heterocycles. The van der Waals surface area contributed by atoms with E-state index in [4.69, 9.17) is 16.0 Å². The van der Waals surface area contributed by atoms with Gasteiger partial charge in [0.05, 0.1) is 15.5 Å². The highest BCUT2D eigenvalue weighted by atomic mass is 35.5. The lowest BCUT2D eigenvalue weighted by atomic mass is 10.1. The van der Waals surface area contributed by atoms with Crippen molar-refractivity contribution in [1.29, 1.82) is 0 Å². The van der Waals surface area contributed by atoms with E-state index in [0.29, 0.717) is 39.0 Å². The van der Waals surface area contributed by atoms with Crippen molar-refractivity contribution in [3.63, 3.8) is 0 Å². The molecule has 1 amide bonds. The standard InChI is InChI=1S/C25H21ClN4O4/c26-19-7-3-2-6-18(19)25-28-20-15-17(9-11-23(20)34-25)27-24(31)16-8-10-21(22(14-16)30(32)33)29-12-4-1-5-13-29/h2-3,6-11,14-15H,1,4-5,12-13H2,(H,27,31). The van der Waals surface area contributed by atoms with Crippen molar-refractivity contribution in [2.24, 2.45) is 0 Å². The first kappa shape index (κ1) is 21.9. The summed E-state index contributed by atoms with van der Waals surface area (Å²) in [6.07, 6.45) is 3.13. The molecule has 9 heteroatoms. The van der Waals surface area contributed by atoms with Gasteiger partial charge in [-0.2, -0.15) is 0 Å². The van der Waals surface area contributed by atoms with E-state index >= 15 is 0 Å². The van der Waals surface area contributed by atoms with Gasteiger partial charge in [0.1, 0.15) is 11.2 Å². The van der Waals surface area contributed by atoms with Crippen molar-refractivity contribution < 1.29 is 14.1 Å². The Hall–Kier alpha value is -3.91. The molecule has 0 spiro atoms. The van der Waals surface area contributed by atoms with Crippen molar-refractivity contribution in [2.45, 2.75) is 19.3 Å².